The molecule has 18 heavy (non-hydrogen) atoms. The van der Waals surface area contributed by atoms with Gasteiger partial charge in [0.05, 0.1) is 12.0 Å². The van der Waals surface area contributed by atoms with E-state index >= 15 is 0 Å². The van der Waals surface area contributed by atoms with Crippen molar-refractivity contribution in [1.82, 2.24) is 0 Å². The summed E-state index contributed by atoms with van der Waals surface area (Å²) in [5.74, 6) is -0.486. The van der Waals surface area contributed by atoms with E-state index in [-0.39, 0.29) is 17.7 Å². The Kier molecular flexibility index (Phi) is 3.13. The minimum atomic E-state index is -3.47. The molecule has 6 heteroatoms. The predicted octanol–water partition coefficient (Wildman–Crippen LogP) is 1.69. The summed E-state index contributed by atoms with van der Waals surface area (Å²) < 4.78 is 28.8. The number of fused-ring (bicyclic) bond motifs is 1. The number of hydrogen-bond donors (Lipinski definition) is 1. The zero-order chi connectivity index (χ0) is 13.3. The van der Waals surface area contributed by atoms with Crippen LogP contribution in [0.25, 0.3) is 5.57 Å². The first-order chi connectivity index (χ1) is 8.44. The van der Waals surface area contributed by atoms with Crippen LogP contribution < -0.4 is 4.74 Å². The minimum Gasteiger partial charge on any atom is -0.497 e. The molecule has 0 fully saturated rings. The summed E-state index contributed by atoms with van der Waals surface area (Å²) in [5, 5.41) is 9.78. The van der Waals surface area contributed by atoms with Crippen molar-refractivity contribution in [3.05, 3.63) is 29.2 Å². The van der Waals surface area contributed by atoms with Crippen LogP contribution in [0.4, 0.5) is 0 Å². The van der Waals surface area contributed by atoms with Crippen LogP contribution in [0.3, 0.4) is 0 Å². The minimum absolute atomic E-state index is 0.0905. The van der Waals surface area contributed by atoms with E-state index in [0.717, 1.165) is 5.41 Å². The second-order valence-electron chi connectivity index (χ2n) is 3.94. The predicted molar refractivity (Wildman–Crippen MR) is 65.0 cm³/mol. The third-order valence-corrected chi connectivity index (χ3v) is 4.29. The Balaban J connectivity index is 2.42. The number of ether oxygens (including phenoxy) is 1. The molecule has 0 aromatic heterocycles. The van der Waals surface area contributed by atoms with Gasteiger partial charge in [0.2, 0.25) is 9.84 Å². The summed E-state index contributed by atoms with van der Waals surface area (Å²) in [5.41, 5.74) is 1.10. The fraction of sp³-hybridized carbons (Fsp3) is 0.250. The largest absolute Gasteiger partial charge is 0.497 e. The van der Waals surface area contributed by atoms with Gasteiger partial charge in [0.15, 0.2) is 0 Å². The summed E-state index contributed by atoms with van der Waals surface area (Å²) in [6, 6.07) is 4.76. The third-order valence-electron chi connectivity index (χ3n) is 2.75. The van der Waals surface area contributed by atoms with Crippen LogP contribution in [-0.4, -0.2) is 26.6 Å². The molecule has 1 N–H and O–H groups in total. The Labute approximate surface area is 105 Å². The van der Waals surface area contributed by atoms with Gasteiger partial charge in [0.1, 0.15) is 5.75 Å². The number of carboxylic acid groups (broad SMARTS) is 1. The van der Waals surface area contributed by atoms with Gasteiger partial charge in [-0.15, -0.1) is 0 Å². The second-order valence-corrected chi connectivity index (χ2v) is 5.71. The highest BCUT2D eigenvalue weighted by atomic mass is 32.2. The highest BCUT2D eigenvalue weighted by Crippen LogP contribution is 2.37. The lowest BCUT2D eigenvalue weighted by Crippen LogP contribution is -1.95. The molecule has 1 heterocycles. The Morgan fingerprint density at radius 3 is 2.72 bits per heavy atom. The summed E-state index contributed by atoms with van der Waals surface area (Å²) in [4.78, 5) is 10.7. The summed E-state index contributed by atoms with van der Waals surface area (Å²) in [6.07, 6.45) is 0.112. The highest BCUT2D eigenvalue weighted by molar-refractivity contribution is 7.95. The molecule has 0 radical (unpaired) electrons. The van der Waals surface area contributed by atoms with E-state index in [9.17, 15) is 13.2 Å². The van der Waals surface area contributed by atoms with Crippen molar-refractivity contribution in [2.24, 2.45) is 0 Å². The molecule has 0 unspecified atom stereocenters. The molecule has 96 valence electrons. The first-order valence-corrected chi connectivity index (χ1v) is 6.84. The van der Waals surface area contributed by atoms with Crippen molar-refractivity contribution < 1.29 is 23.1 Å². The number of hydrogen-bond acceptors (Lipinski definition) is 4. The zero-order valence-corrected chi connectivity index (χ0v) is 10.5. The third kappa shape index (κ3) is 2.24. The molecule has 0 amide bonds. The van der Waals surface area contributed by atoms with E-state index in [2.05, 4.69) is 0 Å². The summed E-state index contributed by atoms with van der Waals surface area (Å²) >= 11 is 0. The normalized spacial score (nSPS) is 15.9. The molecule has 1 aliphatic rings. The van der Waals surface area contributed by atoms with Crippen LogP contribution in [-0.2, 0) is 14.6 Å². The number of carboxylic acids is 1. The Morgan fingerprint density at radius 1 is 1.39 bits per heavy atom. The van der Waals surface area contributed by atoms with E-state index in [1.54, 1.807) is 12.1 Å². The maximum Gasteiger partial charge on any atom is 0.303 e. The Morgan fingerprint density at radius 2 is 2.11 bits per heavy atom. The fourth-order valence-electron chi connectivity index (χ4n) is 1.88. The number of sulfone groups is 1. The number of aliphatic carboxylic acids is 1. The van der Waals surface area contributed by atoms with Gasteiger partial charge in [-0.3, -0.25) is 4.79 Å². The quantitative estimate of drug-likeness (QED) is 0.898. The van der Waals surface area contributed by atoms with Crippen LogP contribution in [0.15, 0.2) is 28.5 Å². The van der Waals surface area contributed by atoms with Crippen molar-refractivity contribution >= 4 is 21.4 Å². The van der Waals surface area contributed by atoms with Crippen LogP contribution >= 0.6 is 0 Å². The molecule has 0 saturated heterocycles. The van der Waals surface area contributed by atoms with Crippen molar-refractivity contribution in [2.75, 3.05) is 7.11 Å². The Hall–Kier alpha value is -1.82. The van der Waals surface area contributed by atoms with Crippen LogP contribution in [0, 0.1) is 0 Å². The molecular formula is C12H12O5S. The van der Waals surface area contributed by atoms with E-state index in [1.807, 2.05) is 0 Å². The average molecular weight is 268 g/mol. The molecule has 0 aliphatic carbocycles. The van der Waals surface area contributed by atoms with E-state index in [1.165, 1.54) is 13.2 Å². The zero-order valence-electron chi connectivity index (χ0n) is 9.71. The lowest BCUT2D eigenvalue weighted by Gasteiger charge is -2.05. The van der Waals surface area contributed by atoms with Crippen LogP contribution in [0.1, 0.15) is 18.4 Å². The number of rotatable bonds is 4. The van der Waals surface area contributed by atoms with Crippen LogP contribution in [0.2, 0.25) is 0 Å². The number of methoxy groups -OCH3 is 1. The Bertz CT molecular complexity index is 628. The molecule has 2 rings (SSSR count). The molecule has 0 spiro atoms. The van der Waals surface area contributed by atoms with Crippen molar-refractivity contribution in [3.8, 4) is 5.75 Å². The van der Waals surface area contributed by atoms with E-state index in [4.69, 9.17) is 9.84 Å². The molecular weight excluding hydrogens is 256 g/mol. The number of benzene rings is 1. The van der Waals surface area contributed by atoms with Gasteiger partial charge in [0, 0.05) is 11.8 Å². The lowest BCUT2D eigenvalue weighted by molar-refractivity contribution is -0.136. The van der Waals surface area contributed by atoms with E-state index < -0.39 is 15.8 Å². The van der Waals surface area contributed by atoms with Crippen molar-refractivity contribution in [1.29, 1.82) is 0 Å². The summed E-state index contributed by atoms with van der Waals surface area (Å²) in [7, 11) is -2.01. The van der Waals surface area contributed by atoms with Crippen molar-refractivity contribution in [2.45, 2.75) is 17.7 Å². The fourth-order valence-corrected chi connectivity index (χ4v) is 3.41. The van der Waals surface area contributed by atoms with Crippen molar-refractivity contribution in [3.63, 3.8) is 0 Å². The molecule has 1 aromatic carbocycles. The standard InChI is InChI=1S/C12H12O5S/c1-17-9-3-4-10-8(2-5-12(13)14)7-18(15,16)11(10)6-9/h3-4,6-7H,2,5H2,1H3,(H,13,14). The summed E-state index contributed by atoms with van der Waals surface area (Å²) in [6.45, 7) is 0. The molecule has 0 saturated carbocycles. The first kappa shape index (κ1) is 12.6. The SMILES string of the molecule is COc1ccc2c(c1)S(=O)(=O)C=C2CCC(=O)O. The molecule has 5 nitrogen and oxygen atoms in total. The molecule has 1 aromatic rings. The van der Waals surface area contributed by atoms with Gasteiger partial charge >= 0.3 is 5.97 Å². The second kappa shape index (κ2) is 4.45. The highest BCUT2D eigenvalue weighted by Gasteiger charge is 2.27. The molecule has 0 bridgehead atoms. The topological polar surface area (TPSA) is 80.7 Å². The van der Waals surface area contributed by atoms with Gasteiger partial charge < -0.3 is 9.84 Å². The molecule has 0 atom stereocenters. The number of allylic oxidation sites excluding steroid dienone is 1. The van der Waals surface area contributed by atoms with Gasteiger partial charge in [-0.05, 0) is 35.8 Å². The maximum absolute atomic E-state index is 11.9. The van der Waals surface area contributed by atoms with E-state index in [0.29, 0.717) is 16.9 Å². The number of carbonyl (C=O) groups is 1. The van der Waals surface area contributed by atoms with Gasteiger partial charge in [-0.25, -0.2) is 8.42 Å². The van der Waals surface area contributed by atoms with Gasteiger partial charge in [-0.2, -0.15) is 0 Å². The van der Waals surface area contributed by atoms with Crippen LogP contribution in [0.5, 0.6) is 5.75 Å². The lowest BCUT2D eigenvalue weighted by atomic mass is 10.0. The first-order valence-electron chi connectivity index (χ1n) is 5.30. The maximum atomic E-state index is 11.9. The van der Waals surface area contributed by atoms with Gasteiger partial charge in [-0.1, -0.05) is 0 Å². The van der Waals surface area contributed by atoms with Gasteiger partial charge in [0.25, 0.3) is 0 Å². The average Bonchev–Trinajstić information content (AvgIpc) is 2.58. The monoisotopic (exact) mass is 268 g/mol. The smallest absolute Gasteiger partial charge is 0.303 e. The molecule has 1 aliphatic heterocycles.